The van der Waals surface area contributed by atoms with E-state index < -0.39 is 0 Å². The minimum atomic E-state index is 0.308. The van der Waals surface area contributed by atoms with Crippen LogP contribution in [0.25, 0.3) is 0 Å². The number of carbonyl (C=O) groups is 1. The van der Waals surface area contributed by atoms with Gasteiger partial charge in [0.2, 0.25) is 5.91 Å². The zero-order chi connectivity index (χ0) is 12.1. The van der Waals surface area contributed by atoms with E-state index in [2.05, 4.69) is 30.3 Å². The third-order valence-electron chi connectivity index (χ3n) is 3.54. The number of likely N-dealkylation sites (tertiary alicyclic amines) is 1. The zero-order valence-electron chi connectivity index (χ0n) is 10.6. The molecule has 1 aliphatic heterocycles. The molecule has 2 rings (SSSR count). The van der Waals surface area contributed by atoms with Crippen molar-refractivity contribution in [1.82, 2.24) is 4.90 Å². The standard InChI is InChI=1S/C15H21NO/c1-2-15(17)16-10-6-9-14(12-16)11-13-7-4-3-5-8-13/h3-5,7-8,14H,2,6,9-12H2,1H3/t14-/m1/s1. The normalized spacial score (nSPS) is 20.3. The molecule has 2 nitrogen and oxygen atoms in total. The topological polar surface area (TPSA) is 20.3 Å². The van der Waals surface area contributed by atoms with Gasteiger partial charge >= 0.3 is 0 Å². The van der Waals surface area contributed by atoms with Crippen LogP contribution < -0.4 is 0 Å². The monoisotopic (exact) mass is 231 g/mol. The smallest absolute Gasteiger partial charge is 0.222 e. The Bertz CT molecular complexity index is 360. The lowest BCUT2D eigenvalue weighted by molar-refractivity contribution is -0.132. The second kappa shape index (κ2) is 5.85. The molecule has 0 unspecified atom stereocenters. The van der Waals surface area contributed by atoms with E-state index >= 15 is 0 Å². The Morgan fingerprint density at radius 1 is 1.35 bits per heavy atom. The summed E-state index contributed by atoms with van der Waals surface area (Å²) in [5.41, 5.74) is 1.39. The first kappa shape index (κ1) is 12.2. The van der Waals surface area contributed by atoms with Gasteiger partial charge in [-0.05, 0) is 30.7 Å². The van der Waals surface area contributed by atoms with Crippen LogP contribution in [0, 0.1) is 5.92 Å². The highest BCUT2D eigenvalue weighted by atomic mass is 16.2. The molecule has 1 atom stereocenters. The summed E-state index contributed by atoms with van der Waals surface area (Å²) < 4.78 is 0. The van der Waals surface area contributed by atoms with Crippen molar-refractivity contribution in [3.05, 3.63) is 35.9 Å². The van der Waals surface area contributed by atoms with Gasteiger partial charge in [0.25, 0.3) is 0 Å². The first-order chi connectivity index (χ1) is 8.29. The summed E-state index contributed by atoms with van der Waals surface area (Å²) in [7, 11) is 0. The molecule has 0 saturated carbocycles. The fourth-order valence-corrected chi connectivity index (χ4v) is 2.63. The summed E-state index contributed by atoms with van der Waals surface area (Å²) in [5, 5.41) is 0. The summed E-state index contributed by atoms with van der Waals surface area (Å²) in [6.45, 7) is 3.85. The average Bonchev–Trinajstić information content (AvgIpc) is 2.39. The molecular weight excluding hydrogens is 210 g/mol. The SMILES string of the molecule is CCC(=O)N1CCC[C@H](Cc2ccccc2)C1. The van der Waals surface area contributed by atoms with Crippen LogP contribution in [-0.2, 0) is 11.2 Å². The Morgan fingerprint density at radius 3 is 2.82 bits per heavy atom. The first-order valence-corrected chi connectivity index (χ1v) is 6.61. The minimum Gasteiger partial charge on any atom is -0.342 e. The summed E-state index contributed by atoms with van der Waals surface area (Å²) >= 11 is 0. The molecule has 0 spiro atoms. The van der Waals surface area contributed by atoms with E-state index in [1.165, 1.54) is 12.0 Å². The minimum absolute atomic E-state index is 0.308. The Hall–Kier alpha value is -1.31. The molecule has 1 heterocycles. The Labute approximate surface area is 104 Å². The van der Waals surface area contributed by atoms with Crippen molar-refractivity contribution in [2.75, 3.05) is 13.1 Å². The Morgan fingerprint density at radius 2 is 2.12 bits per heavy atom. The molecule has 92 valence electrons. The van der Waals surface area contributed by atoms with Crippen molar-refractivity contribution in [2.45, 2.75) is 32.6 Å². The number of hydrogen-bond acceptors (Lipinski definition) is 1. The lowest BCUT2D eigenvalue weighted by Crippen LogP contribution is -2.40. The molecule has 1 aromatic rings. The van der Waals surface area contributed by atoms with Crippen LogP contribution in [0.1, 0.15) is 31.7 Å². The number of benzene rings is 1. The second-order valence-electron chi connectivity index (χ2n) is 4.89. The number of rotatable bonds is 3. The second-order valence-corrected chi connectivity index (χ2v) is 4.89. The highest BCUT2D eigenvalue weighted by molar-refractivity contribution is 5.75. The molecule has 0 N–H and O–H groups in total. The van der Waals surface area contributed by atoms with Gasteiger partial charge in [-0.3, -0.25) is 4.79 Å². The number of nitrogens with zero attached hydrogens (tertiary/aromatic N) is 1. The highest BCUT2D eigenvalue weighted by Crippen LogP contribution is 2.21. The van der Waals surface area contributed by atoms with Crippen molar-refractivity contribution < 1.29 is 4.79 Å². The van der Waals surface area contributed by atoms with E-state index in [1.54, 1.807) is 0 Å². The largest absolute Gasteiger partial charge is 0.342 e. The zero-order valence-corrected chi connectivity index (χ0v) is 10.6. The number of piperidine rings is 1. The summed E-state index contributed by atoms with van der Waals surface area (Å²) in [6, 6.07) is 10.6. The molecule has 2 heteroatoms. The van der Waals surface area contributed by atoms with Crippen LogP contribution >= 0.6 is 0 Å². The maximum atomic E-state index is 11.7. The fourth-order valence-electron chi connectivity index (χ4n) is 2.63. The van der Waals surface area contributed by atoms with Crippen LogP contribution in [0.4, 0.5) is 0 Å². The quantitative estimate of drug-likeness (QED) is 0.783. The summed E-state index contributed by atoms with van der Waals surface area (Å²) in [5.74, 6) is 0.949. The van der Waals surface area contributed by atoms with Crippen molar-refractivity contribution in [3.63, 3.8) is 0 Å². The molecule has 1 fully saturated rings. The van der Waals surface area contributed by atoms with Crippen LogP contribution in [0.3, 0.4) is 0 Å². The van der Waals surface area contributed by atoms with Gasteiger partial charge in [0.15, 0.2) is 0 Å². The van der Waals surface area contributed by atoms with Gasteiger partial charge in [0, 0.05) is 19.5 Å². The highest BCUT2D eigenvalue weighted by Gasteiger charge is 2.22. The van der Waals surface area contributed by atoms with Gasteiger partial charge < -0.3 is 4.90 Å². The van der Waals surface area contributed by atoms with Crippen molar-refractivity contribution in [3.8, 4) is 0 Å². The van der Waals surface area contributed by atoms with Gasteiger partial charge in [-0.1, -0.05) is 37.3 Å². The third kappa shape index (κ3) is 3.32. The van der Waals surface area contributed by atoms with Crippen molar-refractivity contribution in [2.24, 2.45) is 5.92 Å². The molecule has 0 aromatic heterocycles. The maximum Gasteiger partial charge on any atom is 0.222 e. The van der Waals surface area contributed by atoms with Crippen LogP contribution in [0.2, 0.25) is 0 Å². The average molecular weight is 231 g/mol. The molecule has 1 aliphatic rings. The van der Waals surface area contributed by atoms with E-state index in [9.17, 15) is 4.79 Å². The molecule has 0 bridgehead atoms. The van der Waals surface area contributed by atoms with Gasteiger partial charge in [-0.2, -0.15) is 0 Å². The lowest BCUT2D eigenvalue weighted by atomic mass is 9.91. The van der Waals surface area contributed by atoms with Gasteiger partial charge in [0.1, 0.15) is 0 Å². The Kier molecular flexibility index (Phi) is 4.18. The van der Waals surface area contributed by atoms with E-state index in [0.717, 1.165) is 25.9 Å². The number of carbonyl (C=O) groups excluding carboxylic acids is 1. The molecule has 1 aromatic carbocycles. The van der Waals surface area contributed by atoms with Gasteiger partial charge in [0.05, 0.1) is 0 Å². The van der Waals surface area contributed by atoms with Crippen molar-refractivity contribution in [1.29, 1.82) is 0 Å². The Balaban J connectivity index is 1.92. The van der Waals surface area contributed by atoms with Crippen LogP contribution in [-0.4, -0.2) is 23.9 Å². The van der Waals surface area contributed by atoms with Gasteiger partial charge in [-0.25, -0.2) is 0 Å². The molecule has 1 saturated heterocycles. The van der Waals surface area contributed by atoms with Crippen LogP contribution in [0.15, 0.2) is 30.3 Å². The fraction of sp³-hybridized carbons (Fsp3) is 0.533. The molecule has 1 amide bonds. The van der Waals surface area contributed by atoms with Crippen LogP contribution in [0.5, 0.6) is 0 Å². The molecule has 17 heavy (non-hydrogen) atoms. The van der Waals surface area contributed by atoms with E-state index in [4.69, 9.17) is 0 Å². The number of amides is 1. The predicted octanol–water partition coefficient (Wildman–Crippen LogP) is 2.88. The third-order valence-corrected chi connectivity index (χ3v) is 3.54. The van der Waals surface area contributed by atoms with Crippen molar-refractivity contribution >= 4 is 5.91 Å². The lowest BCUT2D eigenvalue weighted by Gasteiger charge is -2.32. The maximum absolute atomic E-state index is 11.7. The van der Waals surface area contributed by atoms with E-state index in [1.807, 2.05) is 11.8 Å². The number of hydrogen-bond donors (Lipinski definition) is 0. The molecule has 0 aliphatic carbocycles. The van der Waals surface area contributed by atoms with E-state index in [-0.39, 0.29) is 0 Å². The predicted molar refractivity (Wildman–Crippen MR) is 69.7 cm³/mol. The summed E-state index contributed by atoms with van der Waals surface area (Å²) in [6.07, 6.45) is 4.15. The summed E-state index contributed by atoms with van der Waals surface area (Å²) in [4.78, 5) is 13.7. The van der Waals surface area contributed by atoms with E-state index in [0.29, 0.717) is 18.2 Å². The van der Waals surface area contributed by atoms with Gasteiger partial charge in [-0.15, -0.1) is 0 Å². The molecular formula is C15H21NO. The molecule has 0 radical (unpaired) electrons. The first-order valence-electron chi connectivity index (χ1n) is 6.61.